The van der Waals surface area contributed by atoms with E-state index in [1.165, 1.54) is 0 Å². The molecule has 0 saturated heterocycles. The van der Waals surface area contributed by atoms with E-state index in [0.717, 1.165) is 50.2 Å². The second-order valence-corrected chi connectivity index (χ2v) is 6.99. The van der Waals surface area contributed by atoms with Crippen LogP contribution in [0.25, 0.3) is 0 Å². The first-order chi connectivity index (χ1) is 8.55. The summed E-state index contributed by atoms with van der Waals surface area (Å²) in [5.74, 6) is 2.52. The molecule has 0 aromatic heterocycles. The van der Waals surface area contributed by atoms with Gasteiger partial charge in [-0.1, -0.05) is 13.8 Å². The molecule has 0 spiro atoms. The van der Waals surface area contributed by atoms with Gasteiger partial charge < -0.3 is 5.11 Å². The van der Waals surface area contributed by atoms with E-state index < -0.39 is 11.5 Å². The summed E-state index contributed by atoms with van der Waals surface area (Å²) < 4.78 is 0. The number of nitrogens with zero attached hydrogens (tertiary/aromatic N) is 1. The van der Waals surface area contributed by atoms with Crippen LogP contribution in [0.3, 0.4) is 0 Å². The summed E-state index contributed by atoms with van der Waals surface area (Å²) in [6.45, 7) is 4.53. The Labute approximate surface area is 116 Å². The Bertz CT molecular complexity index is 277. The topological polar surface area (TPSA) is 44.0 Å². The van der Waals surface area contributed by atoms with Crippen molar-refractivity contribution in [3.8, 4) is 6.07 Å². The van der Waals surface area contributed by atoms with Gasteiger partial charge in [0.15, 0.2) is 0 Å². The lowest BCUT2D eigenvalue weighted by molar-refractivity contribution is 0.0148. The highest BCUT2D eigenvalue weighted by molar-refractivity contribution is 7.98. The second kappa shape index (κ2) is 7.40. The minimum Gasteiger partial charge on any atom is -0.391 e. The third-order valence-electron chi connectivity index (χ3n) is 4.55. The van der Waals surface area contributed by atoms with Gasteiger partial charge in [0.2, 0.25) is 0 Å². The van der Waals surface area contributed by atoms with Gasteiger partial charge in [0.25, 0.3) is 0 Å². The number of aliphatic hydroxyl groups is 1. The molecule has 1 saturated carbocycles. The SMILES string of the molecule is CSCCCC(O)C1(C#N)CCC(C(C)C)CC1. The fourth-order valence-electron chi connectivity index (χ4n) is 3.04. The Morgan fingerprint density at radius 2 is 2.00 bits per heavy atom. The number of hydrogen-bond donors (Lipinski definition) is 1. The molecule has 18 heavy (non-hydrogen) atoms. The zero-order chi connectivity index (χ0) is 13.6. The summed E-state index contributed by atoms with van der Waals surface area (Å²) in [6.07, 6.45) is 7.41. The number of thioether (sulfide) groups is 1. The van der Waals surface area contributed by atoms with Crippen molar-refractivity contribution in [2.75, 3.05) is 12.0 Å². The maximum Gasteiger partial charge on any atom is 0.0832 e. The molecule has 1 N–H and O–H groups in total. The van der Waals surface area contributed by atoms with Crippen LogP contribution in [0.2, 0.25) is 0 Å². The molecule has 3 heteroatoms. The number of hydrogen-bond acceptors (Lipinski definition) is 3. The summed E-state index contributed by atoms with van der Waals surface area (Å²) in [4.78, 5) is 0. The van der Waals surface area contributed by atoms with Crippen molar-refractivity contribution in [2.45, 2.75) is 58.5 Å². The van der Waals surface area contributed by atoms with Gasteiger partial charge in [0.05, 0.1) is 17.6 Å². The molecule has 1 fully saturated rings. The Balaban J connectivity index is 2.52. The number of rotatable bonds is 6. The molecule has 0 aliphatic heterocycles. The molecule has 1 aliphatic carbocycles. The Morgan fingerprint density at radius 1 is 1.39 bits per heavy atom. The van der Waals surface area contributed by atoms with Gasteiger partial charge in [-0.15, -0.1) is 0 Å². The van der Waals surface area contributed by atoms with E-state index in [-0.39, 0.29) is 0 Å². The molecule has 104 valence electrons. The summed E-state index contributed by atoms with van der Waals surface area (Å²) in [5, 5.41) is 19.8. The molecule has 1 rings (SSSR count). The molecule has 1 unspecified atom stereocenters. The second-order valence-electron chi connectivity index (χ2n) is 6.00. The van der Waals surface area contributed by atoms with Crippen LogP contribution in [0.4, 0.5) is 0 Å². The monoisotopic (exact) mass is 269 g/mol. The highest BCUT2D eigenvalue weighted by Crippen LogP contribution is 2.44. The Kier molecular flexibility index (Phi) is 6.52. The van der Waals surface area contributed by atoms with Crippen molar-refractivity contribution < 1.29 is 5.11 Å². The van der Waals surface area contributed by atoms with Gasteiger partial charge in [-0.2, -0.15) is 17.0 Å². The maximum absolute atomic E-state index is 10.3. The van der Waals surface area contributed by atoms with E-state index in [9.17, 15) is 10.4 Å². The van der Waals surface area contributed by atoms with E-state index in [1.54, 1.807) is 0 Å². The van der Waals surface area contributed by atoms with Crippen LogP contribution >= 0.6 is 11.8 Å². The van der Waals surface area contributed by atoms with Gasteiger partial charge in [-0.3, -0.25) is 0 Å². The third kappa shape index (κ3) is 3.90. The maximum atomic E-state index is 10.3. The lowest BCUT2D eigenvalue weighted by atomic mass is 9.65. The normalized spacial score (nSPS) is 30.1. The summed E-state index contributed by atoms with van der Waals surface area (Å²) in [6, 6.07) is 2.45. The number of nitriles is 1. The van der Waals surface area contributed by atoms with Crippen molar-refractivity contribution >= 4 is 11.8 Å². The standard InChI is InChI=1S/C15H27NOS/c1-12(2)13-6-8-15(11-16,9-7-13)14(17)5-4-10-18-3/h12-14,17H,4-10H2,1-3H3. The molecule has 0 aromatic carbocycles. The van der Waals surface area contributed by atoms with E-state index in [0.29, 0.717) is 5.92 Å². The van der Waals surface area contributed by atoms with E-state index >= 15 is 0 Å². The van der Waals surface area contributed by atoms with Crippen LogP contribution < -0.4 is 0 Å². The molecular weight excluding hydrogens is 242 g/mol. The van der Waals surface area contributed by atoms with E-state index in [2.05, 4.69) is 26.2 Å². The molecule has 1 atom stereocenters. The highest BCUT2D eigenvalue weighted by atomic mass is 32.2. The summed E-state index contributed by atoms with van der Waals surface area (Å²) >= 11 is 1.81. The van der Waals surface area contributed by atoms with Gasteiger partial charge in [0.1, 0.15) is 0 Å². The van der Waals surface area contributed by atoms with Crippen molar-refractivity contribution in [1.29, 1.82) is 5.26 Å². The molecule has 0 radical (unpaired) electrons. The first-order valence-corrected chi connectivity index (χ1v) is 8.53. The quantitative estimate of drug-likeness (QED) is 0.745. The predicted octanol–water partition coefficient (Wildman–Crippen LogP) is 3.85. The van der Waals surface area contributed by atoms with Gasteiger partial charge in [-0.25, -0.2) is 0 Å². The average molecular weight is 269 g/mol. The van der Waals surface area contributed by atoms with Crippen LogP contribution in [0.5, 0.6) is 0 Å². The van der Waals surface area contributed by atoms with Crippen molar-refractivity contribution in [3.63, 3.8) is 0 Å². The number of aliphatic hydroxyl groups excluding tert-OH is 1. The summed E-state index contributed by atoms with van der Waals surface area (Å²) in [7, 11) is 0. The predicted molar refractivity (Wildman–Crippen MR) is 78.5 cm³/mol. The largest absolute Gasteiger partial charge is 0.391 e. The van der Waals surface area contributed by atoms with Gasteiger partial charge >= 0.3 is 0 Å². The highest BCUT2D eigenvalue weighted by Gasteiger charge is 2.41. The molecule has 2 nitrogen and oxygen atoms in total. The van der Waals surface area contributed by atoms with Crippen molar-refractivity contribution in [2.24, 2.45) is 17.3 Å². The minimum absolute atomic E-state index is 0.428. The van der Waals surface area contributed by atoms with Crippen LogP contribution in [0.15, 0.2) is 0 Å². The fraction of sp³-hybridized carbons (Fsp3) is 0.933. The minimum atomic E-state index is -0.455. The molecule has 1 aliphatic rings. The van der Waals surface area contributed by atoms with Crippen LogP contribution in [-0.4, -0.2) is 23.2 Å². The van der Waals surface area contributed by atoms with Crippen LogP contribution in [0.1, 0.15) is 52.4 Å². The zero-order valence-electron chi connectivity index (χ0n) is 12.0. The fourth-order valence-corrected chi connectivity index (χ4v) is 3.49. The lowest BCUT2D eigenvalue weighted by Crippen LogP contribution is -2.38. The smallest absolute Gasteiger partial charge is 0.0832 e. The van der Waals surface area contributed by atoms with Crippen molar-refractivity contribution in [1.82, 2.24) is 0 Å². The molecular formula is C15H27NOS. The van der Waals surface area contributed by atoms with Crippen LogP contribution in [-0.2, 0) is 0 Å². The zero-order valence-corrected chi connectivity index (χ0v) is 12.8. The van der Waals surface area contributed by atoms with Gasteiger partial charge in [0, 0.05) is 0 Å². The Morgan fingerprint density at radius 3 is 2.44 bits per heavy atom. The first kappa shape index (κ1) is 15.9. The molecule has 0 aromatic rings. The van der Waals surface area contributed by atoms with Crippen molar-refractivity contribution in [3.05, 3.63) is 0 Å². The van der Waals surface area contributed by atoms with E-state index in [4.69, 9.17) is 0 Å². The third-order valence-corrected chi connectivity index (χ3v) is 5.25. The lowest BCUT2D eigenvalue weighted by Gasteiger charge is -2.39. The molecule has 0 heterocycles. The molecule has 0 amide bonds. The van der Waals surface area contributed by atoms with Gasteiger partial charge in [-0.05, 0) is 62.4 Å². The Hall–Kier alpha value is -0.200. The average Bonchev–Trinajstić information content (AvgIpc) is 2.38. The molecule has 0 bridgehead atoms. The summed E-state index contributed by atoms with van der Waals surface area (Å²) in [5.41, 5.74) is -0.455. The van der Waals surface area contributed by atoms with E-state index in [1.807, 2.05) is 11.8 Å². The van der Waals surface area contributed by atoms with Crippen LogP contribution in [0, 0.1) is 28.6 Å². The first-order valence-electron chi connectivity index (χ1n) is 7.14.